The highest BCUT2D eigenvalue weighted by molar-refractivity contribution is 5.89. The molecule has 5 heterocycles. The lowest BCUT2D eigenvalue weighted by Crippen LogP contribution is -2.46. The highest BCUT2D eigenvalue weighted by Gasteiger charge is 2.23. The summed E-state index contributed by atoms with van der Waals surface area (Å²) in [6.45, 7) is 8.44. The number of anilines is 3. The molecule has 2 fully saturated rings. The van der Waals surface area contributed by atoms with Gasteiger partial charge in [-0.25, -0.2) is 24.3 Å². The maximum atomic E-state index is 13.8. The van der Waals surface area contributed by atoms with Crippen LogP contribution in [0, 0.1) is 0 Å². The Morgan fingerprint density at radius 3 is 2.46 bits per heavy atom. The van der Waals surface area contributed by atoms with Gasteiger partial charge >= 0.3 is 0 Å². The molecule has 3 N–H and O–H groups in total. The molecule has 10 nitrogen and oxygen atoms in total. The summed E-state index contributed by atoms with van der Waals surface area (Å²) in [4.78, 5) is 25.1. The first kappa shape index (κ1) is 25.7. The Morgan fingerprint density at radius 2 is 1.78 bits per heavy atom. The van der Waals surface area contributed by atoms with E-state index < -0.39 is 12.3 Å². The first-order valence-electron chi connectivity index (χ1n) is 13.0. The van der Waals surface area contributed by atoms with Crippen molar-refractivity contribution in [3.05, 3.63) is 41.9 Å². The number of nitrogens with zero attached hydrogens (tertiary/aromatic N) is 7. The van der Waals surface area contributed by atoms with Crippen molar-refractivity contribution in [2.24, 2.45) is 0 Å². The first-order valence-corrected chi connectivity index (χ1v) is 13.0. The van der Waals surface area contributed by atoms with Crippen molar-refractivity contribution in [1.82, 2.24) is 29.7 Å². The van der Waals surface area contributed by atoms with E-state index >= 15 is 0 Å². The van der Waals surface area contributed by atoms with Crippen LogP contribution in [0.3, 0.4) is 0 Å². The zero-order valence-corrected chi connectivity index (χ0v) is 21.2. The molecule has 3 aromatic heterocycles. The molecule has 2 aliphatic rings. The van der Waals surface area contributed by atoms with Crippen LogP contribution in [0.25, 0.3) is 10.9 Å². The summed E-state index contributed by atoms with van der Waals surface area (Å²) < 4.78 is 13.8. The van der Waals surface area contributed by atoms with Crippen LogP contribution in [-0.4, -0.2) is 98.5 Å². The second kappa shape index (κ2) is 11.6. The van der Waals surface area contributed by atoms with Crippen LogP contribution in [0.4, 0.5) is 22.0 Å². The number of aliphatic hydroxyl groups is 2. The smallest absolute Gasteiger partial charge is 0.229 e. The Balaban J connectivity index is 1.29. The van der Waals surface area contributed by atoms with Gasteiger partial charge in [0.05, 0.1) is 18.4 Å². The third-order valence-corrected chi connectivity index (χ3v) is 7.07. The van der Waals surface area contributed by atoms with Gasteiger partial charge in [-0.15, -0.1) is 0 Å². The fourth-order valence-corrected chi connectivity index (χ4v) is 4.87. The van der Waals surface area contributed by atoms with Crippen LogP contribution < -0.4 is 10.2 Å². The number of rotatable bonds is 8. The largest absolute Gasteiger partial charge is 0.395 e. The van der Waals surface area contributed by atoms with E-state index in [1.54, 1.807) is 19.2 Å². The third-order valence-electron chi connectivity index (χ3n) is 7.07. The van der Waals surface area contributed by atoms with E-state index in [1.807, 2.05) is 17.2 Å². The molecule has 37 heavy (non-hydrogen) atoms. The maximum absolute atomic E-state index is 13.8. The summed E-state index contributed by atoms with van der Waals surface area (Å²) in [5.74, 6) is 1.69. The normalized spacial score (nSPS) is 18.9. The molecule has 0 saturated carbocycles. The van der Waals surface area contributed by atoms with Gasteiger partial charge in [0.25, 0.3) is 0 Å². The molecule has 0 aliphatic carbocycles. The average molecular weight is 511 g/mol. The Labute approximate surface area is 216 Å². The molecule has 1 unspecified atom stereocenters. The van der Waals surface area contributed by atoms with E-state index in [-0.39, 0.29) is 6.61 Å². The number of piperidine rings is 1. The van der Waals surface area contributed by atoms with Crippen molar-refractivity contribution in [1.29, 1.82) is 0 Å². The standard InChI is InChI=1S/C26H35FN8O2/c1-18(37)22-14-20-16-29-26(32-24(20)25(30-22)35-6-4-21(27)5-7-35)31-23-3-2-19(15-28-23)17-34-10-8-33(9-11-34)12-13-36/h2-3,14-16,18,21,36-37H,4-13,17H2,1H3,(H,28,29,31,32). The van der Waals surface area contributed by atoms with Gasteiger partial charge < -0.3 is 20.4 Å². The number of nitrogens with one attached hydrogen (secondary N) is 1. The van der Waals surface area contributed by atoms with Gasteiger partial charge in [0, 0.05) is 70.1 Å². The molecule has 0 spiro atoms. The first-order chi connectivity index (χ1) is 18.0. The lowest BCUT2D eigenvalue weighted by Gasteiger charge is -2.34. The van der Waals surface area contributed by atoms with E-state index in [2.05, 4.69) is 36.1 Å². The number of alkyl halides is 1. The van der Waals surface area contributed by atoms with Gasteiger partial charge in [0.2, 0.25) is 5.95 Å². The monoisotopic (exact) mass is 510 g/mol. The fraction of sp³-hybridized carbons (Fsp3) is 0.538. The molecule has 198 valence electrons. The SMILES string of the molecule is CC(O)c1cc2cnc(Nc3ccc(CN4CCN(CCO)CC4)cn3)nc2c(N2CCC(F)CC2)n1. The molecular weight excluding hydrogens is 475 g/mol. The zero-order valence-electron chi connectivity index (χ0n) is 21.2. The van der Waals surface area contributed by atoms with Crippen molar-refractivity contribution < 1.29 is 14.6 Å². The Bertz CT molecular complexity index is 1180. The third kappa shape index (κ3) is 6.30. The lowest BCUT2D eigenvalue weighted by atomic mass is 10.1. The number of hydrogen-bond acceptors (Lipinski definition) is 10. The molecule has 0 bridgehead atoms. The van der Waals surface area contributed by atoms with Crippen LogP contribution >= 0.6 is 0 Å². The number of hydrogen-bond donors (Lipinski definition) is 3. The van der Waals surface area contributed by atoms with Crippen LogP contribution in [0.5, 0.6) is 0 Å². The minimum absolute atomic E-state index is 0.206. The number of fused-ring (bicyclic) bond motifs is 1. The van der Waals surface area contributed by atoms with Crippen LogP contribution in [0.1, 0.15) is 37.1 Å². The van der Waals surface area contributed by atoms with Crippen molar-refractivity contribution in [3.63, 3.8) is 0 Å². The predicted molar refractivity (Wildman–Crippen MR) is 141 cm³/mol. The number of pyridine rings is 2. The molecule has 0 amide bonds. The van der Waals surface area contributed by atoms with Crippen LogP contribution in [-0.2, 0) is 6.54 Å². The number of piperazine rings is 1. The summed E-state index contributed by atoms with van der Waals surface area (Å²) in [6, 6.07) is 5.78. The molecule has 2 aliphatic heterocycles. The van der Waals surface area contributed by atoms with Crippen molar-refractivity contribution in [2.45, 2.75) is 38.6 Å². The van der Waals surface area contributed by atoms with Crippen LogP contribution in [0.2, 0.25) is 0 Å². The van der Waals surface area contributed by atoms with Gasteiger partial charge in [0.1, 0.15) is 17.5 Å². The second-order valence-electron chi connectivity index (χ2n) is 9.86. The van der Waals surface area contributed by atoms with Crippen molar-refractivity contribution in [2.75, 3.05) is 62.6 Å². The molecule has 0 aromatic carbocycles. The average Bonchev–Trinajstić information content (AvgIpc) is 2.91. The highest BCUT2D eigenvalue weighted by Crippen LogP contribution is 2.30. The van der Waals surface area contributed by atoms with Crippen molar-refractivity contribution in [3.8, 4) is 0 Å². The molecule has 1 atom stereocenters. The molecule has 5 rings (SSSR count). The molecule has 3 aromatic rings. The quantitative estimate of drug-likeness (QED) is 0.417. The van der Waals surface area contributed by atoms with E-state index in [4.69, 9.17) is 10.1 Å². The topological polar surface area (TPSA) is 114 Å². The number of β-amino-alcohol motifs (C(OH)–C–C–N with tert-alkyl or cyclic N) is 1. The number of aromatic nitrogens is 4. The lowest BCUT2D eigenvalue weighted by molar-refractivity contribution is 0.108. The van der Waals surface area contributed by atoms with Gasteiger partial charge in [0.15, 0.2) is 5.82 Å². The number of halogens is 1. The molecule has 2 saturated heterocycles. The van der Waals surface area contributed by atoms with Crippen LogP contribution in [0.15, 0.2) is 30.6 Å². The van der Waals surface area contributed by atoms with E-state index in [0.29, 0.717) is 54.7 Å². The summed E-state index contributed by atoms with van der Waals surface area (Å²) in [6.07, 6.45) is 2.96. The van der Waals surface area contributed by atoms with E-state index in [0.717, 1.165) is 50.2 Å². The second-order valence-corrected chi connectivity index (χ2v) is 9.86. The Hall–Kier alpha value is -2.99. The van der Waals surface area contributed by atoms with Gasteiger partial charge in [-0.2, -0.15) is 0 Å². The molecule has 11 heteroatoms. The zero-order chi connectivity index (χ0) is 25.8. The van der Waals surface area contributed by atoms with Crippen molar-refractivity contribution >= 4 is 28.5 Å². The predicted octanol–water partition coefficient (Wildman–Crippen LogP) is 2.26. The number of aliphatic hydroxyl groups excluding tert-OH is 2. The van der Waals surface area contributed by atoms with Gasteiger partial charge in [-0.3, -0.25) is 9.80 Å². The van der Waals surface area contributed by atoms with E-state index in [1.165, 1.54) is 0 Å². The van der Waals surface area contributed by atoms with Gasteiger partial charge in [-0.05, 0) is 37.5 Å². The van der Waals surface area contributed by atoms with E-state index in [9.17, 15) is 9.50 Å². The summed E-state index contributed by atoms with van der Waals surface area (Å²) in [7, 11) is 0. The summed E-state index contributed by atoms with van der Waals surface area (Å²) in [5, 5.41) is 23.2. The summed E-state index contributed by atoms with van der Waals surface area (Å²) >= 11 is 0. The maximum Gasteiger partial charge on any atom is 0.229 e. The summed E-state index contributed by atoms with van der Waals surface area (Å²) in [5.41, 5.74) is 2.34. The highest BCUT2D eigenvalue weighted by atomic mass is 19.1. The Kier molecular flexibility index (Phi) is 8.04. The minimum atomic E-state index is -0.792. The molecule has 0 radical (unpaired) electrons. The van der Waals surface area contributed by atoms with Gasteiger partial charge in [-0.1, -0.05) is 6.07 Å². The fourth-order valence-electron chi connectivity index (χ4n) is 4.87. The minimum Gasteiger partial charge on any atom is -0.395 e. The molecular formula is C26H35FN8O2. The Morgan fingerprint density at radius 1 is 1.03 bits per heavy atom.